The summed E-state index contributed by atoms with van der Waals surface area (Å²) >= 11 is 0. The van der Waals surface area contributed by atoms with E-state index < -0.39 is 40.1 Å². The molecule has 1 saturated heterocycles. The van der Waals surface area contributed by atoms with Crippen LogP contribution in [0.3, 0.4) is 0 Å². The summed E-state index contributed by atoms with van der Waals surface area (Å²) in [6, 6.07) is 14.2. The minimum atomic E-state index is -3.59. The molecule has 0 bridgehead atoms. The fourth-order valence-electron chi connectivity index (χ4n) is 4.35. The molecular weight excluding hydrogens is 494 g/mol. The second kappa shape index (κ2) is 13.1. The van der Waals surface area contributed by atoms with Crippen molar-refractivity contribution >= 4 is 21.8 Å². The number of rotatable bonds is 12. The smallest absolute Gasteiger partial charge is 0.251 e. The van der Waals surface area contributed by atoms with Crippen LogP contribution in [0.15, 0.2) is 59.5 Å². The highest BCUT2D eigenvalue weighted by Crippen LogP contribution is 2.21. The predicted octanol–water partition coefficient (Wildman–Crippen LogP) is 2.04. The first-order valence-corrected chi connectivity index (χ1v) is 14.1. The quantitative estimate of drug-likeness (QED) is 0.331. The van der Waals surface area contributed by atoms with Crippen LogP contribution in [0.5, 0.6) is 0 Å². The minimum absolute atomic E-state index is 0.0898. The van der Waals surface area contributed by atoms with Gasteiger partial charge in [-0.2, -0.15) is 4.31 Å². The van der Waals surface area contributed by atoms with Crippen molar-refractivity contribution in [3.05, 3.63) is 65.7 Å². The van der Waals surface area contributed by atoms with Crippen molar-refractivity contribution < 1.29 is 28.2 Å². The minimum Gasteiger partial charge on any atom is -0.390 e. The summed E-state index contributed by atoms with van der Waals surface area (Å²) in [5, 5.41) is 26.8. The second-order valence-corrected chi connectivity index (χ2v) is 11.8. The van der Waals surface area contributed by atoms with Gasteiger partial charge in [0.2, 0.25) is 15.9 Å². The van der Waals surface area contributed by atoms with Crippen LogP contribution in [-0.2, 0) is 21.4 Å². The molecule has 37 heavy (non-hydrogen) atoms. The third-order valence-electron chi connectivity index (χ3n) is 6.39. The third kappa shape index (κ3) is 8.10. The summed E-state index contributed by atoms with van der Waals surface area (Å²) in [5.41, 5.74) is 1.14. The van der Waals surface area contributed by atoms with Crippen LogP contribution in [0.4, 0.5) is 0 Å². The first kappa shape index (κ1) is 28.8. The van der Waals surface area contributed by atoms with E-state index in [1.807, 2.05) is 44.2 Å². The Morgan fingerprint density at radius 3 is 2.19 bits per heavy atom. The number of sulfonamides is 1. The van der Waals surface area contributed by atoms with E-state index in [9.17, 15) is 28.2 Å². The summed E-state index contributed by atoms with van der Waals surface area (Å²) in [5.74, 6) is -0.831. The number of nitrogens with zero attached hydrogens (tertiary/aromatic N) is 1. The maximum absolute atomic E-state index is 12.9. The van der Waals surface area contributed by atoms with Crippen molar-refractivity contribution in [2.75, 3.05) is 13.1 Å². The zero-order valence-electron chi connectivity index (χ0n) is 21.3. The van der Waals surface area contributed by atoms with Crippen LogP contribution in [0.25, 0.3) is 0 Å². The molecule has 0 aromatic heterocycles. The molecule has 3 unspecified atom stereocenters. The van der Waals surface area contributed by atoms with Crippen LogP contribution in [-0.4, -0.2) is 66.1 Å². The van der Waals surface area contributed by atoms with E-state index in [2.05, 4.69) is 10.6 Å². The summed E-state index contributed by atoms with van der Waals surface area (Å²) in [6.07, 6.45) is -1.03. The third-order valence-corrected chi connectivity index (χ3v) is 8.31. The summed E-state index contributed by atoms with van der Waals surface area (Å²) in [7, 11) is -3.59. The van der Waals surface area contributed by atoms with Gasteiger partial charge in [-0.25, -0.2) is 8.42 Å². The normalized spacial score (nSPS) is 16.8. The molecule has 1 aliphatic rings. The zero-order valence-corrected chi connectivity index (χ0v) is 22.2. The Balaban J connectivity index is 1.60. The van der Waals surface area contributed by atoms with Gasteiger partial charge in [-0.05, 0) is 55.0 Å². The van der Waals surface area contributed by atoms with E-state index in [0.29, 0.717) is 26.1 Å². The van der Waals surface area contributed by atoms with Crippen LogP contribution >= 0.6 is 0 Å². The molecule has 4 N–H and O–H groups in total. The SMILES string of the molecule is CC(C)CC(NC(=O)c1ccc(S(=O)(=O)N2CCCC2)cc1)C(O)C(O)CC(=O)NCc1ccccc1. The summed E-state index contributed by atoms with van der Waals surface area (Å²) in [4.78, 5) is 25.4. The molecule has 0 spiro atoms. The van der Waals surface area contributed by atoms with Gasteiger partial charge in [0.05, 0.1) is 23.5 Å². The highest BCUT2D eigenvalue weighted by atomic mass is 32.2. The van der Waals surface area contributed by atoms with Crippen molar-refractivity contribution in [2.45, 2.75) is 69.2 Å². The monoisotopic (exact) mass is 531 g/mol. The van der Waals surface area contributed by atoms with Gasteiger partial charge in [0.15, 0.2) is 0 Å². The molecule has 3 atom stereocenters. The topological polar surface area (TPSA) is 136 Å². The maximum atomic E-state index is 12.9. The lowest BCUT2D eigenvalue weighted by atomic mass is 9.94. The largest absolute Gasteiger partial charge is 0.390 e. The van der Waals surface area contributed by atoms with Gasteiger partial charge in [0.1, 0.15) is 6.10 Å². The number of nitrogens with one attached hydrogen (secondary N) is 2. The van der Waals surface area contributed by atoms with Gasteiger partial charge in [-0.15, -0.1) is 0 Å². The van der Waals surface area contributed by atoms with E-state index in [1.54, 1.807) is 0 Å². The van der Waals surface area contributed by atoms with E-state index in [1.165, 1.54) is 28.6 Å². The van der Waals surface area contributed by atoms with E-state index >= 15 is 0 Å². The van der Waals surface area contributed by atoms with Gasteiger partial charge in [0, 0.05) is 25.2 Å². The molecule has 2 aromatic rings. The van der Waals surface area contributed by atoms with Gasteiger partial charge < -0.3 is 20.8 Å². The molecule has 0 aliphatic carbocycles. The molecule has 1 fully saturated rings. The standard InChI is InChI=1S/C27H37N3O6S/c1-19(2)16-23(26(33)24(31)17-25(32)28-18-20-8-4-3-5-9-20)29-27(34)21-10-12-22(13-11-21)37(35,36)30-14-6-7-15-30/h3-5,8-13,19,23-24,26,31,33H,6-7,14-18H2,1-2H3,(H,28,32)(H,29,34). The zero-order chi connectivity index (χ0) is 27.0. The Kier molecular flexibility index (Phi) is 10.2. The van der Waals surface area contributed by atoms with Crippen LogP contribution < -0.4 is 10.6 Å². The summed E-state index contributed by atoms with van der Waals surface area (Å²) in [6.45, 7) is 5.13. The molecule has 0 radical (unpaired) electrons. The molecule has 1 heterocycles. The molecule has 9 nitrogen and oxygen atoms in total. The predicted molar refractivity (Wildman–Crippen MR) is 140 cm³/mol. The number of hydrogen-bond acceptors (Lipinski definition) is 6. The van der Waals surface area contributed by atoms with Crippen LogP contribution in [0, 0.1) is 5.92 Å². The first-order chi connectivity index (χ1) is 17.6. The molecule has 1 aliphatic heterocycles. The van der Waals surface area contributed by atoms with Gasteiger partial charge in [-0.3, -0.25) is 9.59 Å². The van der Waals surface area contributed by atoms with E-state index in [4.69, 9.17) is 0 Å². The van der Waals surface area contributed by atoms with Crippen molar-refractivity contribution in [1.82, 2.24) is 14.9 Å². The molecule has 0 saturated carbocycles. The number of carbonyl (C=O) groups is 2. The lowest BCUT2D eigenvalue weighted by molar-refractivity contribution is -0.125. The number of amides is 2. The molecule has 10 heteroatoms. The average Bonchev–Trinajstić information content (AvgIpc) is 3.43. The molecule has 202 valence electrons. The van der Waals surface area contributed by atoms with Crippen LogP contribution in [0.1, 0.15) is 55.5 Å². The van der Waals surface area contributed by atoms with Crippen molar-refractivity contribution in [1.29, 1.82) is 0 Å². The van der Waals surface area contributed by atoms with Crippen molar-refractivity contribution in [2.24, 2.45) is 5.92 Å². The van der Waals surface area contributed by atoms with E-state index in [0.717, 1.165) is 18.4 Å². The lowest BCUT2D eigenvalue weighted by Crippen LogP contribution is -2.50. The van der Waals surface area contributed by atoms with Gasteiger partial charge >= 0.3 is 0 Å². The van der Waals surface area contributed by atoms with Gasteiger partial charge in [-0.1, -0.05) is 44.2 Å². The number of carbonyl (C=O) groups excluding carboxylic acids is 2. The molecule has 3 rings (SSSR count). The number of aliphatic hydroxyl groups excluding tert-OH is 2. The fourth-order valence-corrected chi connectivity index (χ4v) is 5.86. The van der Waals surface area contributed by atoms with Gasteiger partial charge in [0.25, 0.3) is 5.91 Å². The fraction of sp³-hybridized carbons (Fsp3) is 0.481. The van der Waals surface area contributed by atoms with E-state index in [-0.39, 0.29) is 22.8 Å². The number of hydrogen-bond donors (Lipinski definition) is 4. The Labute approximate surface area is 218 Å². The molecule has 2 amide bonds. The van der Waals surface area contributed by atoms with Crippen molar-refractivity contribution in [3.63, 3.8) is 0 Å². The Morgan fingerprint density at radius 1 is 0.973 bits per heavy atom. The van der Waals surface area contributed by atoms with Crippen molar-refractivity contribution in [3.8, 4) is 0 Å². The molecule has 2 aromatic carbocycles. The Bertz CT molecular complexity index is 1130. The molecular formula is C27H37N3O6S. The highest BCUT2D eigenvalue weighted by molar-refractivity contribution is 7.89. The second-order valence-electron chi connectivity index (χ2n) is 9.87. The first-order valence-electron chi connectivity index (χ1n) is 12.7. The number of benzene rings is 2. The number of aliphatic hydroxyl groups is 2. The van der Waals surface area contributed by atoms with Crippen LogP contribution in [0.2, 0.25) is 0 Å². The highest BCUT2D eigenvalue weighted by Gasteiger charge is 2.31. The summed E-state index contributed by atoms with van der Waals surface area (Å²) < 4.78 is 26.9. The maximum Gasteiger partial charge on any atom is 0.251 e. The lowest BCUT2D eigenvalue weighted by Gasteiger charge is -2.29. The average molecular weight is 532 g/mol. The Morgan fingerprint density at radius 2 is 1.59 bits per heavy atom. The Hall–Kier alpha value is -2.79.